The zero-order valence-electron chi connectivity index (χ0n) is 16.5. The standard InChI is InChI=1S/C22H12F5N5O/c23-15-6-2-5-14(19(15)24)20-28-16-7-8-32(10-17(16)29-20)11-18-30-21(33-31-18)12-3-1-4-13(9-12)22(25,26)27/h1-10H,11H2. The maximum absolute atomic E-state index is 14.1. The van der Waals surface area contributed by atoms with E-state index < -0.39 is 23.4 Å². The summed E-state index contributed by atoms with van der Waals surface area (Å²) in [6.45, 7) is 0.134. The smallest absolute Gasteiger partial charge is 0.344 e. The average molecular weight is 457 g/mol. The summed E-state index contributed by atoms with van der Waals surface area (Å²) in [4.78, 5) is 12.7. The van der Waals surface area contributed by atoms with Crippen molar-refractivity contribution < 1.29 is 26.5 Å². The van der Waals surface area contributed by atoms with Crippen LogP contribution in [-0.4, -0.2) is 24.7 Å². The van der Waals surface area contributed by atoms with Gasteiger partial charge in [0.05, 0.1) is 23.4 Å². The summed E-state index contributed by atoms with van der Waals surface area (Å²) >= 11 is 0. The van der Waals surface area contributed by atoms with E-state index in [9.17, 15) is 22.0 Å². The molecule has 0 radical (unpaired) electrons. The van der Waals surface area contributed by atoms with Crippen LogP contribution < -0.4 is 0 Å². The van der Waals surface area contributed by atoms with Gasteiger partial charge < -0.3 is 9.09 Å². The fraction of sp³-hybridized carbons (Fsp3) is 0.0909. The van der Waals surface area contributed by atoms with Gasteiger partial charge in [0.2, 0.25) is 0 Å². The molecule has 0 bridgehead atoms. The molecule has 0 unspecified atom stereocenters. The molecule has 3 heterocycles. The lowest BCUT2D eigenvalue weighted by Crippen LogP contribution is -2.04. The van der Waals surface area contributed by atoms with Crippen LogP contribution in [0.1, 0.15) is 11.4 Å². The quantitative estimate of drug-likeness (QED) is 0.336. The zero-order chi connectivity index (χ0) is 23.2. The van der Waals surface area contributed by atoms with Crippen molar-refractivity contribution in [1.82, 2.24) is 24.7 Å². The normalized spacial score (nSPS) is 11.9. The SMILES string of the molecule is Fc1cccc(-c2nc3ccn(Cc4noc(-c5cccc(C(F)(F)F)c5)n4)cc-3n2)c1F. The van der Waals surface area contributed by atoms with Gasteiger partial charge in [0.15, 0.2) is 23.3 Å². The lowest BCUT2D eigenvalue weighted by atomic mass is 10.1. The molecule has 0 aliphatic carbocycles. The van der Waals surface area contributed by atoms with Crippen molar-refractivity contribution in [1.29, 1.82) is 0 Å². The molecule has 0 amide bonds. The number of halogens is 5. The van der Waals surface area contributed by atoms with Crippen LogP contribution in [-0.2, 0) is 12.7 Å². The fourth-order valence-corrected chi connectivity index (χ4v) is 3.27. The Balaban J connectivity index is 1.40. The molecule has 2 aliphatic rings. The minimum Gasteiger partial charge on any atom is -0.344 e. The van der Waals surface area contributed by atoms with E-state index in [1.165, 1.54) is 24.3 Å². The molecule has 11 heteroatoms. The molecule has 0 fully saturated rings. The van der Waals surface area contributed by atoms with E-state index in [0.717, 1.165) is 18.2 Å². The van der Waals surface area contributed by atoms with E-state index in [0.29, 0.717) is 11.4 Å². The van der Waals surface area contributed by atoms with Gasteiger partial charge in [0, 0.05) is 18.0 Å². The molecule has 6 nitrogen and oxygen atoms in total. The molecule has 0 N–H and O–H groups in total. The van der Waals surface area contributed by atoms with Gasteiger partial charge in [-0.3, -0.25) is 0 Å². The van der Waals surface area contributed by atoms with Gasteiger partial charge >= 0.3 is 6.18 Å². The van der Waals surface area contributed by atoms with Gasteiger partial charge in [-0.25, -0.2) is 18.7 Å². The monoisotopic (exact) mass is 457 g/mol. The second-order valence-corrected chi connectivity index (χ2v) is 7.13. The highest BCUT2D eigenvalue weighted by molar-refractivity contribution is 5.66. The number of hydrogen-bond acceptors (Lipinski definition) is 5. The summed E-state index contributed by atoms with van der Waals surface area (Å²) in [5.41, 5.74) is 0.176. The minimum absolute atomic E-state index is 0.0465. The second kappa shape index (κ2) is 7.76. The van der Waals surface area contributed by atoms with Crippen LogP contribution >= 0.6 is 0 Å². The van der Waals surface area contributed by atoms with Crippen molar-refractivity contribution >= 4 is 0 Å². The molecule has 33 heavy (non-hydrogen) atoms. The van der Waals surface area contributed by atoms with Crippen molar-refractivity contribution in [2.75, 3.05) is 0 Å². The summed E-state index contributed by atoms with van der Waals surface area (Å²) in [6.07, 6.45) is -1.22. The van der Waals surface area contributed by atoms with Crippen LogP contribution in [0, 0.1) is 11.6 Å². The van der Waals surface area contributed by atoms with Crippen LogP contribution in [0.15, 0.2) is 65.4 Å². The maximum Gasteiger partial charge on any atom is 0.416 e. The fourth-order valence-electron chi connectivity index (χ4n) is 3.27. The molecule has 0 atom stereocenters. The molecular formula is C22H12F5N5O. The molecule has 0 spiro atoms. The Labute approximate surface area is 182 Å². The lowest BCUT2D eigenvalue weighted by Gasteiger charge is -2.06. The Kier molecular flexibility index (Phi) is 4.88. The molecule has 5 rings (SSSR count). The van der Waals surface area contributed by atoms with Crippen LogP contribution in [0.25, 0.3) is 34.2 Å². The van der Waals surface area contributed by atoms with Crippen molar-refractivity contribution in [2.45, 2.75) is 12.7 Å². The molecular weight excluding hydrogens is 445 g/mol. The number of alkyl halides is 3. The number of pyridine rings is 1. The van der Waals surface area contributed by atoms with Crippen molar-refractivity contribution in [3.63, 3.8) is 0 Å². The Morgan fingerprint density at radius 2 is 1.70 bits per heavy atom. The van der Waals surface area contributed by atoms with E-state index in [1.807, 2.05) is 0 Å². The van der Waals surface area contributed by atoms with Crippen LogP contribution in [0.3, 0.4) is 0 Å². The first kappa shape index (κ1) is 20.7. The van der Waals surface area contributed by atoms with Gasteiger partial charge in [-0.05, 0) is 36.4 Å². The van der Waals surface area contributed by atoms with Gasteiger partial charge in [-0.15, -0.1) is 0 Å². The molecule has 0 saturated heterocycles. The Morgan fingerprint density at radius 3 is 2.52 bits per heavy atom. The number of rotatable bonds is 4. The first-order chi connectivity index (χ1) is 15.8. The largest absolute Gasteiger partial charge is 0.416 e. The van der Waals surface area contributed by atoms with Crippen molar-refractivity contribution in [3.05, 3.63) is 83.9 Å². The van der Waals surface area contributed by atoms with E-state index in [4.69, 9.17) is 4.52 Å². The van der Waals surface area contributed by atoms with Gasteiger partial charge in [-0.1, -0.05) is 17.3 Å². The average Bonchev–Trinajstić information content (AvgIpc) is 3.42. The summed E-state index contributed by atoms with van der Waals surface area (Å²) in [6, 6.07) is 9.99. The number of imidazole rings is 1. The van der Waals surface area contributed by atoms with Crippen molar-refractivity contribution in [2.24, 2.45) is 0 Å². The first-order valence-electron chi connectivity index (χ1n) is 9.56. The van der Waals surface area contributed by atoms with Crippen LogP contribution in [0.5, 0.6) is 0 Å². The van der Waals surface area contributed by atoms with Gasteiger partial charge in [-0.2, -0.15) is 18.2 Å². The highest BCUT2D eigenvalue weighted by atomic mass is 19.4. The third kappa shape index (κ3) is 4.04. The Hall–Kier alpha value is -4.15. The summed E-state index contributed by atoms with van der Waals surface area (Å²) in [5.74, 6) is -1.80. The van der Waals surface area contributed by atoms with Gasteiger partial charge in [0.25, 0.3) is 5.89 Å². The topological polar surface area (TPSA) is 69.6 Å². The first-order valence-corrected chi connectivity index (χ1v) is 9.56. The van der Waals surface area contributed by atoms with Crippen LogP contribution in [0.4, 0.5) is 22.0 Å². The van der Waals surface area contributed by atoms with E-state index in [2.05, 4.69) is 20.1 Å². The third-order valence-corrected chi connectivity index (χ3v) is 4.85. The molecule has 2 aromatic carbocycles. The summed E-state index contributed by atoms with van der Waals surface area (Å²) in [5, 5.41) is 3.82. The van der Waals surface area contributed by atoms with E-state index >= 15 is 0 Å². The lowest BCUT2D eigenvalue weighted by molar-refractivity contribution is -0.137. The van der Waals surface area contributed by atoms with Crippen LogP contribution in [0.2, 0.25) is 0 Å². The molecule has 0 saturated carbocycles. The number of nitrogens with zero attached hydrogens (tertiary/aromatic N) is 5. The zero-order valence-corrected chi connectivity index (χ0v) is 16.5. The molecule has 3 aromatic rings. The highest BCUT2D eigenvalue weighted by Gasteiger charge is 2.31. The highest BCUT2D eigenvalue weighted by Crippen LogP contribution is 2.32. The second-order valence-electron chi connectivity index (χ2n) is 7.13. The maximum atomic E-state index is 14.1. The predicted octanol–water partition coefficient (Wildman–Crippen LogP) is 5.45. The van der Waals surface area contributed by atoms with Gasteiger partial charge in [0.1, 0.15) is 5.69 Å². The molecule has 2 aliphatic heterocycles. The minimum atomic E-state index is -4.49. The Morgan fingerprint density at radius 1 is 0.909 bits per heavy atom. The summed E-state index contributed by atoms with van der Waals surface area (Å²) in [7, 11) is 0. The summed E-state index contributed by atoms with van der Waals surface area (Å²) < 4.78 is 73.2. The number of aromatic nitrogens is 5. The van der Waals surface area contributed by atoms with E-state index in [1.54, 1.807) is 23.0 Å². The Bertz CT molecular complexity index is 1420. The number of hydrogen-bond donors (Lipinski definition) is 0. The molecule has 1 aromatic heterocycles. The van der Waals surface area contributed by atoms with E-state index in [-0.39, 0.29) is 35.2 Å². The predicted molar refractivity (Wildman–Crippen MR) is 106 cm³/mol. The number of benzene rings is 2. The number of fused-ring (bicyclic) bond motifs is 1. The van der Waals surface area contributed by atoms with Crippen molar-refractivity contribution in [3.8, 4) is 34.2 Å². The third-order valence-electron chi connectivity index (χ3n) is 4.85. The molecule has 166 valence electrons.